The highest BCUT2D eigenvalue weighted by Gasteiger charge is 2.76. The summed E-state index contributed by atoms with van der Waals surface area (Å²) in [5.41, 5.74) is 6.76. The maximum absolute atomic E-state index is 6.00. The number of anilines is 2. The fourth-order valence-corrected chi connectivity index (χ4v) is 27.1. The number of hydrogen-bond donors (Lipinski definition) is 0. The SMILES string of the molecule is c1ccc(-c2cc(N3[Si](c4ccccc4)(c4ccccc4)N(c4nc(-c5ccccc5)nc(-n5c6ccccc6c6ccccc65)n4)[Si]3(c3ccccc3)c3ccccc3)nc(-n3c4ccccc4c4ccccc43)n2)cc1. The summed E-state index contributed by atoms with van der Waals surface area (Å²) < 4.78 is 9.96. The third-order valence-corrected chi connectivity index (χ3v) is 27.3. The molecule has 1 fully saturated rings. The first kappa shape index (κ1) is 45.3. The lowest BCUT2D eigenvalue weighted by Gasteiger charge is -2.71. The summed E-state index contributed by atoms with van der Waals surface area (Å²) in [5, 5.41) is 9.09. The van der Waals surface area contributed by atoms with E-state index in [1.165, 1.54) is 0 Å². The van der Waals surface area contributed by atoms with E-state index in [0.717, 1.165) is 87.0 Å². The molecule has 0 bridgehead atoms. The van der Waals surface area contributed by atoms with Crippen LogP contribution >= 0.6 is 0 Å². The molecule has 368 valence electrons. The van der Waals surface area contributed by atoms with Crippen LogP contribution < -0.4 is 29.2 Å². The lowest BCUT2D eigenvalue weighted by molar-refractivity contribution is 0.932. The predicted molar refractivity (Wildman–Crippen MR) is 322 cm³/mol. The van der Waals surface area contributed by atoms with Crippen molar-refractivity contribution in [3.05, 3.63) is 285 Å². The molecule has 14 aromatic rings. The number of benzene rings is 10. The van der Waals surface area contributed by atoms with Gasteiger partial charge in [-0.3, -0.25) is 9.13 Å². The highest BCUT2D eigenvalue weighted by Crippen LogP contribution is 2.46. The number of rotatable bonds is 10. The van der Waals surface area contributed by atoms with Crippen LogP contribution in [0.4, 0.5) is 11.8 Å². The van der Waals surface area contributed by atoms with Crippen LogP contribution in [-0.2, 0) is 0 Å². The second-order valence-electron chi connectivity index (χ2n) is 19.6. The van der Waals surface area contributed by atoms with E-state index in [9.17, 15) is 0 Å². The summed E-state index contributed by atoms with van der Waals surface area (Å²) in [7, 11) is -7.50. The largest absolute Gasteiger partial charge is 0.362 e. The van der Waals surface area contributed by atoms with Crippen LogP contribution in [0.3, 0.4) is 0 Å². The van der Waals surface area contributed by atoms with Crippen molar-refractivity contribution in [1.82, 2.24) is 34.1 Å². The summed E-state index contributed by atoms with van der Waals surface area (Å²) >= 11 is 0. The van der Waals surface area contributed by atoms with Gasteiger partial charge in [0.25, 0.3) is 0 Å². The Morgan fingerprint density at radius 2 is 0.577 bits per heavy atom. The Balaban J connectivity index is 1.12. The Bertz CT molecular complexity index is 4030. The Morgan fingerprint density at radius 3 is 0.974 bits per heavy atom. The third kappa shape index (κ3) is 6.82. The second kappa shape index (κ2) is 18.3. The van der Waals surface area contributed by atoms with Gasteiger partial charge in [0.15, 0.2) is 5.82 Å². The van der Waals surface area contributed by atoms with E-state index >= 15 is 0 Å². The van der Waals surface area contributed by atoms with Crippen molar-refractivity contribution in [1.29, 1.82) is 0 Å². The molecule has 78 heavy (non-hydrogen) atoms. The first-order chi connectivity index (χ1) is 38.7. The van der Waals surface area contributed by atoms with Crippen LogP contribution in [0.25, 0.3) is 78.2 Å². The molecule has 4 aromatic heterocycles. The van der Waals surface area contributed by atoms with Gasteiger partial charge in [-0.15, -0.1) is 0 Å². The minimum atomic E-state index is -3.75. The minimum Gasteiger partial charge on any atom is -0.362 e. The van der Waals surface area contributed by atoms with Gasteiger partial charge in [-0.05, 0) is 45.0 Å². The smallest absolute Gasteiger partial charge is 0.322 e. The van der Waals surface area contributed by atoms with Crippen molar-refractivity contribution in [3.63, 3.8) is 0 Å². The quantitative estimate of drug-likeness (QED) is 0.126. The zero-order valence-corrected chi connectivity index (χ0v) is 44.2. The molecule has 10 aromatic carbocycles. The fourth-order valence-electron chi connectivity index (χ4n) is 12.2. The number of para-hydroxylation sites is 4. The van der Waals surface area contributed by atoms with Gasteiger partial charge in [-0.1, -0.05) is 255 Å². The number of aromatic nitrogens is 7. The van der Waals surface area contributed by atoms with E-state index in [1.807, 2.05) is 6.07 Å². The van der Waals surface area contributed by atoms with E-state index in [2.05, 4.69) is 297 Å². The highest BCUT2D eigenvalue weighted by molar-refractivity contribution is 7.38. The van der Waals surface area contributed by atoms with Crippen molar-refractivity contribution < 1.29 is 0 Å². The molecule has 9 nitrogen and oxygen atoms in total. The average Bonchev–Trinajstić information content (AvgIpc) is 3.21. The molecular formula is C67H47N9Si2. The molecule has 0 spiro atoms. The first-order valence-corrected chi connectivity index (χ1v) is 30.1. The molecule has 0 aliphatic carbocycles. The van der Waals surface area contributed by atoms with E-state index in [-0.39, 0.29) is 0 Å². The highest BCUT2D eigenvalue weighted by atomic mass is 28.5. The summed E-state index contributed by atoms with van der Waals surface area (Å²) in [5.74, 6) is 3.07. The Kier molecular flexibility index (Phi) is 10.7. The van der Waals surface area contributed by atoms with E-state index in [4.69, 9.17) is 24.9 Å². The Morgan fingerprint density at radius 1 is 0.256 bits per heavy atom. The lowest BCUT2D eigenvalue weighted by atomic mass is 10.1. The van der Waals surface area contributed by atoms with Gasteiger partial charge >= 0.3 is 16.8 Å². The van der Waals surface area contributed by atoms with Crippen molar-refractivity contribution in [2.45, 2.75) is 0 Å². The summed E-state index contributed by atoms with van der Waals surface area (Å²) in [6.07, 6.45) is 0. The zero-order chi connectivity index (χ0) is 51.6. The molecule has 11 heteroatoms. The molecule has 0 unspecified atom stereocenters. The minimum absolute atomic E-state index is 0.532. The van der Waals surface area contributed by atoms with E-state index < -0.39 is 16.8 Å². The van der Waals surface area contributed by atoms with Gasteiger partial charge in [-0.25, -0.2) is 4.98 Å². The molecule has 0 amide bonds. The van der Waals surface area contributed by atoms with E-state index in [1.54, 1.807) is 0 Å². The van der Waals surface area contributed by atoms with Gasteiger partial charge in [0, 0.05) is 38.7 Å². The van der Waals surface area contributed by atoms with Crippen LogP contribution in [0.5, 0.6) is 0 Å². The molecule has 0 N–H and O–H groups in total. The monoisotopic (exact) mass is 1030 g/mol. The average molecular weight is 1030 g/mol. The maximum atomic E-state index is 6.00. The van der Waals surface area contributed by atoms with Gasteiger partial charge in [-0.2, -0.15) is 19.9 Å². The van der Waals surface area contributed by atoms with Crippen LogP contribution in [-0.4, -0.2) is 50.8 Å². The standard InChI is InChI=1S/C67H47N9Si2/c1-7-27-48(28-8-1)58-47-63(69-65(68-58)73-59-43-23-19-39-54(59)55-40-20-24-44-60(55)73)75-77(50-31-11-3-12-32-50,51-33-13-4-14-34-51)76(78(75,52-35-15-5-16-36-52)53-37-17-6-18-38-53)67-71-64(49-29-9-2-10-30-49)70-66(72-67)74-61-45-25-21-41-56(61)57-42-22-26-46-62(57)74/h1-47H. The number of nitrogens with zero attached hydrogens (tertiary/aromatic N) is 9. The van der Waals surface area contributed by atoms with Crippen molar-refractivity contribution in [3.8, 4) is 34.5 Å². The molecule has 0 saturated carbocycles. The molecule has 0 atom stereocenters. The van der Waals surface area contributed by atoms with Gasteiger partial charge in [0.1, 0.15) is 5.82 Å². The maximum Gasteiger partial charge on any atom is 0.322 e. The molecule has 0 radical (unpaired) electrons. The summed E-state index contributed by atoms with van der Waals surface area (Å²) in [6.45, 7) is 0. The molecule has 1 aliphatic heterocycles. The number of hydrogen-bond acceptors (Lipinski definition) is 7. The molecule has 5 heterocycles. The summed E-state index contributed by atoms with van der Waals surface area (Å²) in [6, 6.07) is 102. The fraction of sp³-hybridized carbons (Fsp3) is 0. The van der Waals surface area contributed by atoms with Crippen LogP contribution in [0.15, 0.2) is 285 Å². The van der Waals surface area contributed by atoms with Gasteiger partial charge < -0.3 is 8.46 Å². The number of fused-ring (bicyclic) bond motifs is 6. The second-order valence-corrected chi connectivity index (χ2v) is 27.3. The van der Waals surface area contributed by atoms with Crippen molar-refractivity contribution in [2.24, 2.45) is 0 Å². The van der Waals surface area contributed by atoms with E-state index in [0.29, 0.717) is 23.7 Å². The lowest BCUT2D eigenvalue weighted by Crippen LogP contribution is -3.08. The predicted octanol–water partition coefficient (Wildman–Crippen LogP) is 12.0. The van der Waals surface area contributed by atoms with Crippen molar-refractivity contribution >= 4 is 92.9 Å². The molecule has 1 saturated heterocycles. The van der Waals surface area contributed by atoms with Crippen molar-refractivity contribution in [2.75, 3.05) is 8.46 Å². The van der Waals surface area contributed by atoms with Gasteiger partial charge in [0.2, 0.25) is 17.8 Å². The topological polar surface area (TPSA) is 80.8 Å². The zero-order valence-electron chi connectivity index (χ0n) is 42.2. The first-order valence-electron chi connectivity index (χ1n) is 26.3. The molecular weight excluding hydrogens is 987 g/mol. The van der Waals surface area contributed by atoms with Crippen LogP contribution in [0.2, 0.25) is 0 Å². The molecule has 15 rings (SSSR count). The summed E-state index contributed by atoms with van der Waals surface area (Å²) in [4.78, 5) is 28.8. The Hall–Kier alpha value is -10.1. The van der Waals surface area contributed by atoms with Crippen LogP contribution in [0.1, 0.15) is 0 Å². The van der Waals surface area contributed by atoms with Crippen LogP contribution in [0, 0.1) is 0 Å². The Labute approximate surface area is 452 Å². The van der Waals surface area contributed by atoms with Gasteiger partial charge in [0.05, 0.1) is 27.8 Å². The molecule has 1 aliphatic rings. The third-order valence-electron chi connectivity index (χ3n) is 15.4. The normalized spacial score (nSPS) is 13.8.